The van der Waals surface area contributed by atoms with Crippen LogP contribution in [-0.4, -0.2) is 43.9 Å². The molecule has 0 radical (unpaired) electrons. The van der Waals surface area contributed by atoms with Gasteiger partial charge in [0.25, 0.3) is 15.9 Å². The van der Waals surface area contributed by atoms with E-state index in [0.717, 1.165) is 24.2 Å². The van der Waals surface area contributed by atoms with Crippen LogP contribution in [0.15, 0.2) is 50.4 Å². The zero-order chi connectivity index (χ0) is 16.6. The molecule has 1 aromatic carbocycles. The number of thiophene rings is 1. The maximum atomic E-state index is 12.5. The van der Waals surface area contributed by atoms with Crippen LogP contribution < -0.4 is 4.90 Å². The van der Waals surface area contributed by atoms with Gasteiger partial charge in [0, 0.05) is 0 Å². The number of piperazine rings is 1. The van der Waals surface area contributed by atoms with Crippen LogP contribution in [0.4, 0.5) is 0 Å². The van der Waals surface area contributed by atoms with Gasteiger partial charge in [-0.3, -0.25) is 0 Å². The number of benzene rings is 1. The summed E-state index contributed by atoms with van der Waals surface area (Å²) in [7, 11) is -3.34. The van der Waals surface area contributed by atoms with E-state index < -0.39 is 10.0 Å². The highest BCUT2D eigenvalue weighted by Gasteiger charge is 2.31. The lowest BCUT2D eigenvalue weighted by molar-refractivity contribution is -0.918. The van der Waals surface area contributed by atoms with Crippen molar-refractivity contribution in [1.29, 1.82) is 0 Å². The number of rotatable bonds is 4. The van der Waals surface area contributed by atoms with E-state index in [1.165, 1.54) is 16.2 Å². The number of hydrogen-bond acceptors (Lipinski definition) is 5. The van der Waals surface area contributed by atoms with Crippen LogP contribution >= 0.6 is 11.3 Å². The van der Waals surface area contributed by atoms with E-state index in [9.17, 15) is 8.42 Å². The van der Waals surface area contributed by atoms with E-state index in [1.807, 2.05) is 24.3 Å². The van der Waals surface area contributed by atoms with Gasteiger partial charge >= 0.3 is 0 Å². The lowest BCUT2D eigenvalue weighted by Gasteiger charge is -2.30. The van der Waals surface area contributed by atoms with Crippen LogP contribution in [-0.2, 0) is 16.6 Å². The molecule has 0 saturated carbocycles. The van der Waals surface area contributed by atoms with Gasteiger partial charge in [0.2, 0.25) is 0 Å². The Morgan fingerprint density at radius 3 is 2.67 bits per heavy atom. The highest BCUT2D eigenvalue weighted by molar-refractivity contribution is 7.91. The zero-order valence-electron chi connectivity index (χ0n) is 13.0. The number of hydrogen-bond donors (Lipinski definition) is 1. The summed E-state index contributed by atoms with van der Waals surface area (Å²) >= 11 is 1.27. The SMILES string of the molecule is O=S(=O)(c1cccs1)N1CC[NH+](Cc2nc3ccccc3o2)CC1. The smallest absolute Gasteiger partial charge is 0.252 e. The molecule has 0 bridgehead atoms. The third kappa shape index (κ3) is 2.98. The normalized spacial score (nSPS) is 17.5. The molecule has 0 atom stereocenters. The minimum atomic E-state index is -3.34. The topological polar surface area (TPSA) is 67.8 Å². The van der Waals surface area contributed by atoms with Gasteiger partial charge in [-0.25, -0.2) is 13.4 Å². The fourth-order valence-electron chi connectivity index (χ4n) is 2.97. The number of oxazole rings is 1. The van der Waals surface area contributed by atoms with Gasteiger partial charge in [0.1, 0.15) is 9.73 Å². The van der Waals surface area contributed by atoms with Crippen molar-refractivity contribution in [2.75, 3.05) is 26.2 Å². The van der Waals surface area contributed by atoms with Crippen molar-refractivity contribution >= 4 is 32.5 Å². The molecule has 1 aliphatic heterocycles. The van der Waals surface area contributed by atoms with Gasteiger partial charge in [0.15, 0.2) is 12.1 Å². The molecule has 1 aliphatic rings. The van der Waals surface area contributed by atoms with Crippen molar-refractivity contribution < 1.29 is 17.7 Å². The number of nitrogens with one attached hydrogen (secondary N) is 1. The number of para-hydroxylation sites is 2. The van der Waals surface area contributed by atoms with Gasteiger partial charge in [-0.05, 0) is 23.6 Å². The Labute approximate surface area is 144 Å². The molecule has 4 rings (SSSR count). The summed E-state index contributed by atoms with van der Waals surface area (Å²) in [5, 5.41) is 1.79. The number of aromatic nitrogens is 1. The molecule has 0 unspecified atom stereocenters. The molecule has 3 aromatic rings. The van der Waals surface area contributed by atoms with Crippen LogP contribution in [0, 0.1) is 0 Å². The van der Waals surface area contributed by atoms with Crippen LogP contribution in [0.3, 0.4) is 0 Å². The second-order valence-electron chi connectivity index (χ2n) is 5.84. The van der Waals surface area contributed by atoms with Crippen LogP contribution in [0.5, 0.6) is 0 Å². The Kier molecular flexibility index (Phi) is 4.13. The second kappa shape index (κ2) is 6.29. The van der Waals surface area contributed by atoms with Crippen LogP contribution in [0.25, 0.3) is 11.1 Å². The van der Waals surface area contributed by atoms with E-state index in [-0.39, 0.29) is 0 Å². The molecule has 0 aliphatic carbocycles. The molecule has 1 saturated heterocycles. The van der Waals surface area contributed by atoms with Gasteiger partial charge in [-0.1, -0.05) is 18.2 Å². The van der Waals surface area contributed by atoms with E-state index in [1.54, 1.807) is 21.8 Å². The van der Waals surface area contributed by atoms with E-state index in [4.69, 9.17) is 4.42 Å². The summed E-state index contributed by atoms with van der Waals surface area (Å²) in [4.78, 5) is 5.79. The van der Waals surface area contributed by atoms with Crippen molar-refractivity contribution in [1.82, 2.24) is 9.29 Å². The first kappa shape index (κ1) is 15.8. The Balaban J connectivity index is 1.41. The molecule has 1 fully saturated rings. The first-order chi connectivity index (χ1) is 11.6. The molecule has 3 heterocycles. The van der Waals surface area contributed by atoms with Crippen molar-refractivity contribution in [3.8, 4) is 0 Å². The van der Waals surface area contributed by atoms with Gasteiger partial charge < -0.3 is 9.32 Å². The fraction of sp³-hybridized carbons (Fsp3) is 0.312. The lowest BCUT2D eigenvalue weighted by atomic mass is 10.3. The first-order valence-corrected chi connectivity index (χ1v) is 10.2. The third-order valence-corrected chi connectivity index (χ3v) is 7.53. The van der Waals surface area contributed by atoms with Crippen molar-refractivity contribution in [2.45, 2.75) is 10.8 Å². The largest absolute Gasteiger partial charge is 0.435 e. The molecule has 1 N–H and O–H groups in total. The molecule has 6 nitrogen and oxygen atoms in total. The predicted molar refractivity (Wildman–Crippen MR) is 91.5 cm³/mol. The monoisotopic (exact) mass is 364 g/mol. The minimum absolute atomic E-state index is 0.421. The molecule has 0 amide bonds. The van der Waals surface area contributed by atoms with Gasteiger partial charge in [-0.15, -0.1) is 11.3 Å². The number of quaternary nitrogens is 1. The molecule has 2 aromatic heterocycles. The van der Waals surface area contributed by atoms with Crippen molar-refractivity contribution in [2.24, 2.45) is 0 Å². The summed E-state index contributed by atoms with van der Waals surface area (Å²) in [6, 6.07) is 11.1. The predicted octanol–water partition coefficient (Wildman–Crippen LogP) is 0.979. The average Bonchev–Trinajstić information content (AvgIpc) is 3.25. The first-order valence-electron chi connectivity index (χ1n) is 7.84. The molecule has 24 heavy (non-hydrogen) atoms. The molecule has 0 spiro atoms. The number of sulfonamides is 1. The summed E-state index contributed by atoms with van der Waals surface area (Å²) in [6.45, 7) is 3.24. The minimum Gasteiger partial charge on any atom is -0.435 e. The maximum Gasteiger partial charge on any atom is 0.252 e. The summed E-state index contributed by atoms with van der Waals surface area (Å²) in [5.41, 5.74) is 1.66. The summed E-state index contributed by atoms with van der Waals surface area (Å²) in [6.07, 6.45) is 0. The third-order valence-electron chi connectivity index (χ3n) is 4.26. The average molecular weight is 364 g/mol. The lowest BCUT2D eigenvalue weighted by Crippen LogP contribution is -3.13. The summed E-state index contributed by atoms with van der Waals surface area (Å²) < 4.78 is 32.8. The van der Waals surface area contributed by atoms with Gasteiger partial charge in [-0.2, -0.15) is 4.31 Å². The molecule has 126 valence electrons. The second-order valence-corrected chi connectivity index (χ2v) is 8.95. The highest BCUT2D eigenvalue weighted by atomic mass is 32.2. The molecule has 8 heteroatoms. The van der Waals surface area contributed by atoms with E-state index in [2.05, 4.69) is 4.98 Å². The Morgan fingerprint density at radius 2 is 1.96 bits per heavy atom. The Bertz CT molecular complexity index is 894. The van der Waals surface area contributed by atoms with E-state index >= 15 is 0 Å². The van der Waals surface area contributed by atoms with Crippen LogP contribution in [0.1, 0.15) is 5.89 Å². The number of nitrogens with zero attached hydrogens (tertiary/aromatic N) is 2. The fourth-order valence-corrected chi connectivity index (χ4v) is 5.55. The maximum absolute atomic E-state index is 12.5. The van der Waals surface area contributed by atoms with Gasteiger partial charge in [0.05, 0.1) is 26.2 Å². The highest BCUT2D eigenvalue weighted by Crippen LogP contribution is 2.20. The standard InChI is InChI=1S/C16H17N3O3S2/c20-24(21,16-6-3-11-23-16)19-9-7-18(8-10-19)12-15-17-13-4-1-2-5-14(13)22-15/h1-6,11H,7-10,12H2/p+1. The zero-order valence-corrected chi connectivity index (χ0v) is 14.6. The van der Waals surface area contributed by atoms with E-state index in [0.29, 0.717) is 29.7 Å². The Hall–Kier alpha value is -1.74. The van der Waals surface area contributed by atoms with Crippen LogP contribution in [0.2, 0.25) is 0 Å². The summed E-state index contributed by atoms with van der Waals surface area (Å²) in [5.74, 6) is 0.709. The number of fused-ring (bicyclic) bond motifs is 1. The molecular formula is C16H18N3O3S2+. The van der Waals surface area contributed by atoms with Crippen molar-refractivity contribution in [3.05, 3.63) is 47.7 Å². The van der Waals surface area contributed by atoms with Crippen molar-refractivity contribution in [3.63, 3.8) is 0 Å². The Morgan fingerprint density at radius 1 is 1.17 bits per heavy atom. The quantitative estimate of drug-likeness (QED) is 0.749. The molecular weight excluding hydrogens is 346 g/mol.